The maximum atomic E-state index is 12.2. The highest BCUT2D eigenvalue weighted by Gasteiger charge is 2.16. The van der Waals surface area contributed by atoms with E-state index in [1.54, 1.807) is 6.92 Å². The lowest BCUT2D eigenvalue weighted by Gasteiger charge is -2.18. The molecular formula is C20H25N3O2S. The molecule has 0 aliphatic heterocycles. The predicted molar refractivity (Wildman–Crippen MR) is 109 cm³/mol. The summed E-state index contributed by atoms with van der Waals surface area (Å²) in [5.41, 5.74) is 9.50. The van der Waals surface area contributed by atoms with Crippen LogP contribution in [0.1, 0.15) is 30.5 Å². The number of ether oxygens (including phenoxy) is 1. The fraction of sp³-hybridized carbons (Fsp3) is 0.300. The molecule has 0 fully saturated rings. The van der Waals surface area contributed by atoms with Crippen molar-refractivity contribution in [3.05, 3.63) is 59.2 Å². The van der Waals surface area contributed by atoms with E-state index in [1.165, 1.54) is 0 Å². The Kier molecular flexibility index (Phi) is 6.97. The molecule has 5 nitrogen and oxygen atoms in total. The van der Waals surface area contributed by atoms with E-state index in [0.717, 1.165) is 28.8 Å². The van der Waals surface area contributed by atoms with E-state index in [2.05, 4.69) is 23.1 Å². The van der Waals surface area contributed by atoms with E-state index in [0.29, 0.717) is 10.9 Å². The molecule has 6 heteroatoms. The largest absolute Gasteiger partial charge is 0.481 e. The second-order valence-corrected chi connectivity index (χ2v) is 6.45. The first kappa shape index (κ1) is 19.7. The number of carbonyl (C=O) groups is 1. The average Bonchev–Trinajstić information content (AvgIpc) is 2.63. The topological polar surface area (TPSA) is 62.4 Å². The number of para-hydroxylation sites is 1. The van der Waals surface area contributed by atoms with Gasteiger partial charge in [-0.1, -0.05) is 37.3 Å². The fourth-order valence-corrected chi connectivity index (χ4v) is 2.58. The zero-order valence-corrected chi connectivity index (χ0v) is 16.4. The number of anilines is 1. The van der Waals surface area contributed by atoms with Crippen molar-refractivity contribution in [3.63, 3.8) is 0 Å². The Morgan fingerprint density at radius 1 is 1.12 bits per heavy atom. The summed E-state index contributed by atoms with van der Waals surface area (Å²) < 4.78 is 5.76. The summed E-state index contributed by atoms with van der Waals surface area (Å²) in [4.78, 5) is 12.2. The minimum Gasteiger partial charge on any atom is -0.481 e. The zero-order valence-electron chi connectivity index (χ0n) is 15.6. The van der Waals surface area contributed by atoms with E-state index >= 15 is 0 Å². The number of hydrogen-bond acceptors (Lipinski definition) is 3. The van der Waals surface area contributed by atoms with E-state index in [9.17, 15) is 4.79 Å². The van der Waals surface area contributed by atoms with Crippen LogP contribution in [0.15, 0.2) is 42.5 Å². The number of aryl methyl sites for hydroxylation is 2. The van der Waals surface area contributed by atoms with Crippen LogP contribution >= 0.6 is 12.2 Å². The van der Waals surface area contributed by atoms with Crippen molar-refractivity contribution in [1.29, 1.82) is 0 Å². The molecule has 2 rings (SSSR count). The number of amides is 1. The van der Waals surface area contributed by atoms with Crippen molar-refractivity contribution in [1.82, 2.24) is 10.9 Å². The van der Waals surface area contributed by atoms with Crippen LogP contribution in [0.4, 0.5) is 5.69 Å². The molecule has 0 aromatic heterocycles. The lowest BCUT2D eigenvalue weighted by atomic mass is 10.1. The van der Waals surface area contributed by atoms with E-state index in [4.69, 9.17) is 17.0 Å². The number of carbonyl (C=O) groups excluding carboxylic acids is 1. The molecule has 0 radical (unpaired) electrons. The van der Waals surface area contributed by atoms with Gasteiger partial charge < -0.3 is 10.1 Å². The molecule has 0 unspecified atom stereocenters. The molecular weight excluding hydrogens is 346 g/mol. The van der Waals surface area contributed by atoms with Crippen LogP contribution in [0.3, 0.4) is 0 Å². The van der Waals surface area contributed by atoms with Crippen molar-refractivity contribution in [2.24, 2.45) is 0 Å². The Bertz CT molecular complexity index is 792. The number of benzene rings is 2. The van der Waals surface area contributed by atoms with Gasteiger partial charge in [0.15, 0.2) is 11.2 Å². The van der Waals surface area contributed by atoms with Crippen molar-refractivity contribution in [2.45, 2.75) is 40.2 Å². The van der Waals surface area contributed by atoms with Crippen LogP contribution in [-0.4, -0.2) is 17.1 Å². The molecule has 0 aliphatic rings. The molecule has 26 heavy (non-hydrogen) atoms. The van der Waals surface area contributed by atoms with Gasteiger partial charge in [-0.2, -0.15) is 0 Å². The summed E-state index contributed by atoms with van der Waals surface area (Å²) in [7, 11) is 0. The van der Waals surface area contributed by atoms with E-state index in [1.807, 2.05) is 56.3 Å². The van der Waals surface area contributed by atoms with Crippen LogP contribution in [0.5, 0.6) is 5.75 Å². The molecule has 0 aliphatic carbocycles. The third-order valence-electron chi connectivity index (χ3n) is 4.17. The van der Waals surface area contributed by atoms with Gasteiger partial charge in [-0.3, -0.25) is 15.6 Å². The van der Waals surface area contributed by atoms with Crippen LogP contribution < -0.4 is 20.9 Å². The Morgan fingerprint density at radius 2 is 1.85 bits per heavy atom. The molecule has 0 bridgehead atoms. The first-order chi connectivity index (χ1) is 12.4. The van der Waals surface area contributed by atoms with Gasteiger partial charge in [-0.05, 0) is 68.2 Å². The summed E-state index contributed by atoms with van der Waals surface area (Å²) >= 11 is 5.24. The summed E-state index contributed by atoms with van der Waals surface area (Å²) in [5.74, 6) is 0.393. The van der Waals surface area contributed by atoms with Gasteiger partial charge in [0.1, 0.15) is 5.75 Å². The fourth-order valence-electron chi connectivity index (χ4n) is 2.42. The van der Waals surface area contributed by atoms with Crippen LogP contribution in [0.25, 0.3) is 0 Å². The molecule has 2 aromatic rings. The Morgan fingerprint density at radius 3 is 2.58 bits per heavy atom. The monoisotopic (exact) mass is 371 g/mol. The first-order valence-electron chi connectivity index (χ1n) is 8.60. The van der Waals surface area contributed by atoms with Gasteiger partial charge in [-0.15, -0.1) is 0 Å². The van der Waals surface area contributed by atoms with E-state index < -0.39 is 6.10 Å². The standard InChI is InChI=1S/C20H25N3O2S/c1-5-16-10-6-7-11-17(16)21-20(26)23-22-19(24)15(4)25-18-12-8-9-13(2)14(18)3/h6-12,15H,5H2,1-4H3,(H,22,24)(H2,21,23,26)/t15-/m0/s1. The first-order valence-corrected chi connectivity index (χ1v) is 9.00. The highest BCUT2D eigenvalue weighted by molar-refractivity contribution is 7.80. The van der Waals surface area contributed by atoms with E-state index in [-0.39, 0.29) is 5.91 Å². The number of hydrogen-bond donors (Lipinski definition) is 3. The van der Waals surface area contributed by atoms with Crippen molar-refractivity contribution >= 4 is 28.9 Å². The summed E-state index contributed by atoms with van der Waals surface area (Å²) in [6.07, 6.45) is 0.229. The molecule has 0 heterocycles. The minimum atomic E-state index is -0.659. The van der Waals surface area contributed by atoms with Gasteiger partial charge in [-0.25, -0.2) is 0 Å². The van der Waals surface area contributed by atoms with Crippen molar-refractivity contribution in [2.75, 3.05) is 5.32 Å². The van der Waals surface area contributed by atoms with Gasteiger partial charge in [0.25, 0.3) is 5.91 Å². The molecule has 0 saturated heterocycles. The summed E-state index contributed by atoms with van der Waals surface area (Å²) in [6.45, 7) is 7.75. The molecule has 1 atom stereocenters. The predicted octanol–water partition coefficient (Wildman–Crippen LogP) is 3.65. The number of hydrazine groups is 1. The van der Waals surface area contributed by atoms with Gasteiger partial charge >= 0.3 is 0 Å². The Balaban J connectivity index is 1.87. The third-order valence-corrected chi connectivity index (χ3v) is 4.38. The lowest BCUT2D eigenvalue weighted by Crippen LogP contribution is -2.48. The Hall–Kier alpha value is -2.60. The molecule has 2 aromatic carbocycles. The second kappa shape index (κ2) is 9.20. The molecule has 1 amide bonds. The van der Waals surface area contributed by atoms with Crippen LogP contribution in [0, 0.1) is 13.8 Å². The van der Waals surface area contributed by atoms with Crippen molar-refractivity contribution < 1.29 is 9.53 Å². The van der Waals surface area contributed by atoms with Gasteiger partial charge in [0, 0.05) is 5.69 Å². The highest BCUT2D eigenvalue weighted by Crippen LogP contribution is 2.21. The number of thiocarbonyl (C=S) groups is 1. The minimum absolute atomic E-state index is 0.307. The van der Waals surface area contributed by atoms with Gasteiger partial charge in [0.2, 0.25) is 0 Å². The summed E-state index contributed by atoms with van der Waals surface area (Å²) in [5, 5.41) is 3.40. The quantitative estimate of drug-likeness (QED) is 0.553. The third kappa shape index (κ3) is 5.20. The maximum Gasteiger partial charge on any atom is 0.279 e. The SMILES string of the molecule is CCc1ccccc1NC(=S)NNC(=O)[C@H](C)Oc1cccc(C)c1C. The van der Waals surface area contributed by atoms with Gasteiger partial charge in [0.05, 0.1) is 0 Å². The smallest absolute Gasteiger partial charge is 0.279 e. The maximum absolute atomic E-state index is 12.2. The molecule has 0 spiro atoms. The second-order valence-electron chi connectivity index (χ2n) is 6.04. The average molecular weight is 372 g/mol. The molecule has 138 valence electrons. The number of nitrogens with one attached hydrogen (secondary N) is 3. The Labute approximate surface area is 160 Å². The highest BCUT2D eigenvalue weighted by atomic mass is 32.1. The lowest BCUT2D eigenvalue weighted by molar-refractivity contribution is -0.127. The van der Waals surface area contributed by atoms with Crippen molar-refractivity contribution in [3.8, 4) is 5.75 Å². The van der Waals surface area contributed by atoms with Crippen LogP contribution in [0.2, 0.25) is 0 Å². The van der Waals surface area contributed by atoms with Crippen LogP contribution in [-0.2, 0) is 11.2 Å². The molecule has 3 N–H and O–H groups in total. The zero-order chi connectivity index (χ0) is 19.1. The normalized spacial score (nSPS) is 11.4. The molecule has 0 saturated carbocycles. The number of rotatable bonds is 5. The summed E-state index contributed by atoms with van der Waals surface area (Å²) in [6, 6.07) is 13.7.